The number of nitrogens with zero attached hydrogens (tertiary/aromatic N) is 1. The van der Waals surface area contributed by atoms with Crippen LogP contribution in [0.2, 0.25) is 0 Å². The van der Waals surface area contributed by atoms with Gasteiger partial charge in [-0.2, -0.15) is 5.10 Å². The Kier molecular flexibility index (Phi) is 14.7. The average molecular weight is 392 g/mol. The number of aromatic nitrogens is 2. The van der Waals surface area contributed by atoms with Crippen LogP contribution in [0.25, 0.3) is 0 Å². The van der Waals surface area contributed by atoms with Crippen LogP contribution in [0.5, 0.6) is 0 Å². The molecule has 28 heavy (non-hydrogen) atoms. The standard InChI is InChI=1S/C24H45N3O/c1-3-5-7-8-9-10-11-12-13-14-16-18-21(17-15-6-4-2)23(28)19-22-20-26-27-24(22)25/h20-21H,3-19H2,1-2H3,(H3,25,26,27). The molecule has 4 heteroatoms. The largest absolute Gasteiger partial charge is 0.384 e. The van der Waals surface area contributed by atoms with Crippen LogP contribution in [0.1, 0.15) is 122 Å². The lowest BCUT2D eigenvalue weighted by Gasteiger charge is -2.15. The topological polar surface area (TPSA) is 71.8 Å². The summed E-state index contributed by atoms with van der Waals surface area (Å²) in [5, 5.41) is 6.67. The van der Waals surface area contributed by atoms with Crippen LogP contribution in [-0.4, -0.2) is 16.0 Å². The van der Waals surface area contributed by atoms with Crippen LogP contribution in [0, 0.1) is 5.92 Å². The molecule has 1 unspecified atom stereocenters. The molecule has 0 aliphatic carbocycles. The van der Waals surface area contributed by atoms with Crippen molar-refractivity contribution in [1.82, 2.24) is 10.2 Å². The maximum absolute atomic E-state index is 12.8. The van der Waals surface area contributed by atoms with E-state index in [0.29, 0.717) is 18.0 Å². The molecule has 0 radical (unpaired) electrons. The lowest BCUT2D eigenvalue weighted by atomic mass is 9.88. The number of carbonyl (C=O) groups excluding carboxylic acids is 1. The third-order valence-corrected chi connectivity index (χ3v) is 5.88. The van der Waals surface area contributed by atoms with Gasteiger partial charge in [0.1, 0.15) is 11.6 Å². The van der Waals surface area contributed by atoms with Gasteiger partial charge in [0.2, 0.25) is 0 Å². The van der Waals surface area contributed by atoms with Crippen LogP contribution in [0.15, 0.2) is 6.20 Å². The van der Waals surface area contributed by atoms with Crippen LogP contribution < -0.4 is 5.73 Å². The van der Waals surface area contributed by atoms with E-state index >= 15 is 0 Å². The average Bonchev–Trinajstić information content (AvgIpc) is 3.09. The number of H-pyrrole nitrogens is 1. The minimum Gasteiger partial charge on any atom is -0.384 e. The van der Waals surface area contributed by atoms with Crippen molar-refractivity contribution in [2.75, 3.05) is 5.73 Å². The van der Waals surface area contributed by atoms with Crippen molar-refractivity contribution in [1.29, 1.82) is 0 Å². The number of hydrogen-bond donors (Lipinski definition) is 2. The maximum atomic E-state index is 12.8. The number of nitrogens with two attached hydrogens (primary N) is 1. The SMILES string of the molecule is CCCCCCCCCCCCCC(CCCCC)C(=O)Cc1cn[nH]c1N. The molecule has 0 fully saturated rings. The second kappa shape index (κ2) is 16.6. The van der Waals surface area contributed by atoms with Gasteiger partial charge >= 0.3 is 0 Å². The molecule has 0 saturated heterocycles. The van der Waals surface area contributed by atoms with Crippen molar-refractivity contribution in [2.24, 2.45) is 5.92 Å². The Hall–Kier alpha value is -1.32. The lowest BCUT2D eigenvalue weighted by Crippen LogP contribution is -2.17. The van der Waals surface area contributed by atoms with E-state index in [1.54, 1.807) is 6.20 Å². The molecular weight excluding hydrogens is 346 g/mol. The summed E-state index contributed by atoms with van der Waals surface area (Å²) < 4.78 is 0. The number of aromatic amines is 1. The summed E-state index contributed by atoms with van der Waals surface area (Å²) in [6, 6.07) is 0. The van der Waals surface area contributed by atoms with E-state index in [1.807, 2.05) is 0 Å². The number of carbonyl (C=O) groups is 1. The summed E-state index contributed by atoms with van der Waals surface area (Å²) in [4.78, 5) is 12.8. The predicted octanol–water partition coefficient (Wildman–Crippen LogP) is 7.00. The molecule has 3 N–H and O–H groups in total. The minimum atomic E-state index is 0.194. The number of anilines is 1. The molecule has 0 spiro atoms. The molecule has 0 saturated carbocycles. The first kappa shape index (κ1) is 24.7. The van der Waals surface area contributed by atoms with Gasteiger partial charge in [0.15, 0.2) is 0 Å². The molecule has 1 aromatic heterocycles. The van der Waals surface area contributed by atoms with Crippen LogP contribution in [0.4, 0.5) is 5.82 Å². The maximum Gasteiger partial charge on any atom is 0.140 e. The van der Waals surface area contributed by atoms with Gasteiger partial charge in [-0.25, -0.2) is 0 Å². The Bertz CT molecular complexity index is 498. The van der Waals surface area contributed by atoms with E-state index in [9.17, 15) is 4.79 Å². The number of Topliss-reactive ketones (excluding diaryl/α,β-unsaturated/α-hetero) is 1. The van der Waals surface area contributed by atoms with Gasteiger partial charge < -0.3 is 5.73 Å². The highest BCUT2D eigenvalue weighted by atomic mass is 16.1. The molecule has 1 heterocycles. The molecule has 0 aliphatic heterocycles. The Morgan fingerprint density at radius 1 is 0.857 bits per heavy atom. The fraction of sp³-hybridized carbons (Fsp3) is 0.833. The molecule has 1 aromatic rings. The Labute approximate surface area is 173 Å². The van der Waals surface area contributed by atoms with E-state index < -0.39 is 0 Å². The fourth-order valence-corrected chi connectivity index (χ4v) is 3.96. The Morgan fingerprint density at radius 2 is 1.32 bits per heavy atom. The highest BCUT2D eigenvalue weighted by Gasteiger charge is 2.19. The molecule has 0 bridgehead atoms. The minimum absolute atomic E-state index is 0.194. The zero-order valence-corrected chi connectivity index (χ0v) is 18.6. The van der Waals surface area contributed by atoms with Gasteiger partial charge in [0, 0.05) is 17.9 Å². The highest BCUT2D eigenvalue weighted by molar-refractivity contribution is 5.84. The molecule has 1 atom stereocenters. The number of nitrogen functional groups attached to an aromatic ring is 1. The zero-order chi connectivity index (χ0) is 20.5. The molecule has 0 aromatic carbocycles. The highest BCUT2D eigenvalue weighted by Crippen LogP contribution is 2.22. The molecule has 4 nitrogen and oxygen atoms in total. The first-order valence-electron chi connectivity index (χ1n) is 12.0. The van der Waals surface area contributed by atoms with Crippen LogP contribution >= 0.6 is 0 Å². The summed E-state index contributed by atoms with van der Waals surface area (Å²) in [7, 11) is 0. The van der Waals surface area contributed by atoms with Crippen molar-refractivity contribution < 1.29 is 4.79 Å². The van der Waals surface area contributed by atoms with Crippen molar-refractivity contribution in [3.63, 3.8) is 0 Å². The van der Waals surface area contributed by atoms with Gasteiger partial charge in [0.25, 0.3) is 0 Å². The van der Waals surface area contributed by atoms with E-state index in [0.717, 1.165) is 24.8 Å². The van der Waals surface area contributed by atoms with Crippen LogP contribution in [-0.2, 0) is 11.2 Å². The third-order valence-electron chi connectivity index (χ3n) is 5.88. The second-order valence-electron chi connectivity index (χ2n) is 8.47. The van der Waals surface area contributed by atoms with Gasteiger partial charge in [0.05, 0.1) is 6.20 Å². The van der Waals surface area contributed by atoms with Gasteiger partial charge in [-0.05, 0) is 12.8 Å². The Morgan fingerprint density at radius 3 is 1.82 bits per heavy atom. The van der Waals surface area contributed by atoms with Crippen molar-refractivity contribution >= 4 is 11.6 Å². The fourth-order valence-electron chi connectivity index (χ4n) is 3.96. The Balaban J connectivity index is 2.19. The first-order chi connectivity index (χ1) is 13.7. The summed E-state index contributed by atoms with van der Waals surface area (Å²) in [6.45, 7) is 4.49. The van der Waals surface area contributed by atoms with Gasteiger partial charge in [-0.3, -0.25) is 9.89 Å². The van der Waals surface area contributed by atoms with E-state index in [1.165, 1.54) is 83.5 Å². The molecule has 1 rings (SSSR count). The number of rotatable bonds is 19. The molecule has 0 aliphatic rings. The summed E-state index contributed by atoms with van der Waals surface area (Å²) in [5.74, 6) is 1.08. The monoisotopic (exact) mass is 391 g/mol. The third kappa shape index (κ3) is 11.5. The number of hydrogen-bond acceptors (Lipinski definition) is 3. The van der Waals surface area contributed by atoms with E-state index in [-0.39, 0.29) is 5.92 Å². The van der Waals surface area contributed by atoms with Crippen molar-refractivity contribution in [2.45, 2.75) is 123 Å². The van der Waals surface area contributed by atoms with E-state index in [2.05, 4.69) is 24.0 Å². The van der Waals surface area contributed by atoms with Gasteiger partial charge in [-0.15, -0.1) is 0 Å². The quantitative estimate of drug-likeness (QED) is 0.249. The van der Waals surface area contributed by atoms with Crippen LogP contribution in [0.3, 0.4) is 0 Å². The van der Waals surface area contributed by atoms with Gasteiger partial charge in [-0.1, -0.05) is 104 Å². The molecule has 162 valence electrons. The predicted molar refractivity (Wildman–Crippen MR) is 120 cm³/mol. The normalized spacial score (nSPS) is 12.4. The van der Waals surface area contributed by atoms with E-state index in [4.69, 9.17) is 5.73 Å². The summed E-state index contributed by atoms with van der Waals surface area (Å²) in [5.41, 5.74) is 6.71. The van der Waals surface area contributed by atoms with Crippen molar-refractivity contribution in [3.05, 3.63) is 11.8 Å². The lowest BCUT2D eigenvalue weighted by molar-refractivity contribution is -0.122. The summed E-state index contributed by atoms with van der Waals surface area (Å²) in [6.07, 6.45) is 22.6. The second-order valence-corrected chi connectivity index (χ2v) is 8.47. The number of ketones is 1. The molecule has 0 amide bonds. The zero-order valence-electron chi connectivity index (χ0n) is 18.6. The first-order valence-corrected chi connectivity index (χ1v) is 12.0. The summed E-state index contributed by atoms with van der Waals surface area (Å²) >= 11 is 0. The number of nitrogens with one attached hydrogen (secondary N) is 1. The smallest absolute Gasteiger partial charge is 0.140 e. The molecular formula is C24H45N3O. The van der Waals surface area contributed by atoms with Crippen molar-refractivity contribution in [3.8, 4) is 0 Å². The number of unbranched alkanes of at least 4 members (excludes halogenated alkanes) is 12.